The topological polar surface area (TPSA) is 28.6 Å². The molecular weight excluding hydrogens is 387 g/mol. The molecule has 1 aliphatic rings. The summed E-state index contributed by atoms with van der Waals surface area (Å²) in [6.45, 7) is 7.03. The molecule has 1 atom stereocenters. The van der Waals surface area contributed by atoms with Gasteiger partial charge in [0.15, 0.2) is 5.13 Å². The Labute approximate surface area is 167 Å². The first-order valence-corrected chi connectivity index (χ1v) is 10.4. The van der Waals surface area contributed by atoms with Crippen LogP contribution in [0.2, 0.25) is 0 Å². The molecule has 0 spiro atoms. The fourth-order valence-electron chi connectivity index (χ4n) is 3.47. The first kappa shape index (κ1) is 21.1. The molecule has 8 heteroatoms. The first-order valence-electron chi connectivity index (χ1n) is 9.51. The van der Waals surface area contributed by atoms with Gasteiger partial charge in [-0.15, -0.1) is 11.3 Å². The number of methoxy groups -OCH3 is 1. The lowest BCUT2D eigenvalue weighted by Crippen LogP contribution is -2.47. The molecule has 0 radical (unpaired) electrons. The predicted octanol–water partition coefficient (Wildman–Crippen LogP) is 4.63. The van der Waals surface area contributed by atoms with Crippen LogP contribution in [0.1, 0.15) is 24.8 Å². The minimum absolute atomic E-state index is 0.0417. The van der Waals surface area contributed by atoms with E-state index in [1.165, 1.54) is 0 Å². The van der Waals surface area contributed by atoms with Crippen molar-refractivity contribution in [2.24, 2.45) is 0 Å². The quantitative estimate of drug-likeness (QED) is 0.662. The van der Waals surface area contributed by atoms with Gasteiger partial charge in [0, 0.05) is 50.8 Å². The number of alkyl halides is 3. The molecule has 0 bridgehead atoms. The summed E-state index contributed by atoms with van der Waals surface area (Å²) < 4.78 is 44.5. The Morgan fingerprint density at radius 3 is 2.39 bits per heavy atom. The fraction of sp³-hybridized carbons (Fsp3) is 0.550. The summed E-state index contributed by atoms with van der Waals surface area (Å²) in [4.78, 5) is 9.35. The minimum atomic E-state index is -4.21. The highest BCUT2D eigenvalue weighted by Gasteiger charge is 2.39. The van der Waals surface area contributed by atoms with Crippen molar-refractivity contribution in [1.29, 1.82) is 0 Å². The highest BCUT2D eigenvalue weighted by molar-refractivity contribution is 7.14. The average molecular weight is 414 g/mol. The second-order valence-corrected chi connectivity index (χ2v) is 7.80. The van der Waals surface area contributed by atoms with Crippen molar-refractivity contribution >= 4 is 16.5 Å². The molecule has 0 aliphatic carbocycles. The molecule has 154 valence electrons. The van der Waals surface area contributed by atoms with Gasteiger partial charge in [-0.3, -0.25) is 4.90 Å². The number of piperazine rings is 1. The highest BCUT2D eigenvalue weighted by Crippen LogP contribution is 2.38. The molecule has 1 unspecified atom stereocenters. The predicted molar refractivity (Wildman–Crippen MR) is 107 cm³/mol. The Morgan fingerprint density at radius 1 is 1.14 bits per heavy atom. The number of aromatic nitrogens is 1. The number of halogens is 3. The van der Waals surface area contributed by atoms with E-state index < -0.39 is 12.1 Å². The van der Waals surface area contributed by atoms with Gasteiger partial charge in [0.1, 0.15) is 0 Å². The number of nitrogens with zero attached hydrogens (tertiary/aromatic N) is 3. The van der Waals surface area contributed by atoms with E-state index in [1.54, 1.807) is 49.6 Å². The maximum absolute atomic E-state index is 13.1. The minimum Gasteiger partial charge on any atom is -0.383 e. The average Bonchev–Trinajstić information content (AvgIpc) is 3.17. The lowest BCUT2D eigenvalue weighted by atomic mass is 9.95. The summed E-state index contributed by atoms with van der Waals surface area (Å²) in [5, 5.41) is 2.94. The van der Waals surface area contributed by atoms with Gasteiger partial charge in [-0.25, -0.2) is 4.98 Å². The molecule has 1 aromatic carbocycles. The normalized spacial score (nSPS) is 17.1. The van der Waals surface area contributed by atoms with Crippen LogP contribution in [0.4, 0.5) is 18.3 Å². The zero-order valence-corrected chi connectivity index (χ0v) is 17.0. The van der Waals surface area contributed by atoms with Gasteiger partial charge in [-0.1, -0.05) is 31.2 Å². The highest BCUT2D eigenvalue weighted by atomic mass is 32.1. The van der Waals surface area contributed by atoms with E-state index >= 15 is 0 Å². The monoisotopic (exact) mass is 413 g/mol. The third kappa shape index (κ3) is 5.04. The van der Waals surface area contributed by atoms with Crippen molar-refractivity contribution in [3.63, 3.8) is 0 Å². The summed E-state index contributed by atoms with van der Waals surface area (Å²) in [6.07, 6.45) is -4.17. The summed E-state index contributed by atoms with van der Waals surface area (Å²) in [5.74, 6) is -1.41. The van der Waals surface area contributed by atoms with Crippen molar-refractivity contribution < 1.29 is 17.9 Å². The third-order valence-electron chi connectivity index (χ3n) is 5.16. The smallest absolute Gasteiger partial charge is 0.383 e. The molecule has 0 amide bonds. The molecule has 3 rings (SSSR count). The summed E-state index contributed by atoms with van der Waals surface area (Å²) in [7, 11) is 1.71. The lowest BCUT2D eigenvalue weighted by Gasteiger charge is -2.34. The molecule has 1 fully saturated rings. The summed E-state index contributed by atoms with van der Waals surface area (Å²) in [5.41, 5.74) is 1.97. The van der Waals surface area contributed by atoms with Gasteiger partial charge >= 0.3 is 6.18 Å². The van der Waals surface area contributed by atoms with E-state index in [2.05, 4.69) is 9.80 Å². The van der Waals surface area contributed by atoms with Crippen LogP contribution in [-0.2, 0) is 4.74 Å². The molecule has 1 saturated heterocycles. The molecule has 1 aliphatic heterocycles. The van der Waals surface area contributed by atoms with Gasteiger partial charge in [-0.05, 0) is 12.0 Å². The van der Waals surface area contributed by atoms with Crippen LogP contribution < -0.4 is 4.90 Å². The van der Waals surface area contributed by atoms with E-state index in [0.717, 1.165) is 55.7 Å². The van der Waals surface area contributed by atoms with Crippen LogP contribution in [0, 0.1) is 0 Å². The fourth-order valence-corrected chi connectivity index (χ4v) is 4.36. The second-order valence-electron chi connectivity index (χ2n) is 6.96. The number of ether oxygens (including phenoxy) is 1. The Kier molecular flexibility index (Phi) is 6.95. The van der Waals surface area contributed by atoms with E-state index in [1.807, 2.05) is 5.38 Å². The van der Waals surface area contributed by atoms with Crippen molar-refractivity contribution in [3.8, 4) is 11.3 Å². The summed E-state index contributed by atoms with van der Waals surface area (Å²) >= 11 is 1.58. The number of hydrogen-bond donors (Lipinski definition) is 0. The van der Waals surface area contributed by atoms with E-state index in [0.29, 0.717) is 5.56 Å². The second kappa shape index (κ2) is 9.24. The zero-order chi connectivity index (χ0) is 20.1. The molecule has 0 saturated carbocycles. The van der Waals surface area contributed by atoms with Gasteiger partial charge in [0.05, 0.1) is 18.2 Å². The first-order chi connectivity index (χ1) is 13.4. The number of rotatable bonds is 7. The Morgan fingerprint density at radius 2 is 1.82 bits per heavy atom. The number of thiazole rings is 1. The molecule has 28 heavy (non-hydrogen) atoms. The van der Waals surface area contributed by atoms with Crippen LogP contribution in [0.15, 0.2) is 29.6 Å². The largest absolute Gasteiger partial charge is 0.395 e. The van der Waals surface area contributed by atoms with Crippen molar-refractivity contribution in [2.75, 3.05) is 51.3 Å². The number of anilines is 1. The number of benzene rings is 1. The Bertz CT molecular complexity index is 740. The molecule has 4 nitrogen and oxygen atoms in total. The standard InChI is InChI=1S/C20H26F3N3OS/c1-3-17(20(21,22)23)15-4-6-16(7-5-15)18-14-28-19(24-18)26-10-8-25(9-11-26)12-13-27-2/h4-7,14,17H,3,8-13H2,1-2H3. The van der Waals surface area contributed by atoms with Crippen molar-refractivity contribution in [1.82, 2.24) is 9.88 Å². The number of hydrogen-bond acceptors (Lipinski definition) is 5. The van der Waals surface area contributed by atoms with E-state index in [9.17, 15) is 13.2 Å². The molecule has 0 N–H and O–H groups in total. The maximum atomic E-state index is 13.1. The lowest BCUT2D eigenvalue weighted by molar-refractivity contribution is -0.151. The van der Waals surface area contributed by atoms with Crippen LogP contribution in [-0.4, -0.2) is 62.5 Å². The van der Waals surface area contributed by atoms with Crippen LogP contribution in [0.5, 0.6) is 0 Å². The van der Waals surface area contributed by atoms with Gasteiger partial charge in [-0.2, -0.15) is 13.2 Å². The third-order valence-corrected chi connectivity index (χ3v) is 6.06. The van der Waals surface area contributed by atoms with E-state index in [-0.39, 0.29) is 6.42 Å². The SMILES string of the molecule is CCC(c1ccc(-c2csc(N3CCN(CCOC)CC3)n2)cc1)C(F)(F)F. The molecule has 2 heterocycles. The Balaban J connectivity index is 1.64. The molecule has 1 aromatic heterocycles. The van der Waals surface area contributed by atoms with E-state index in [4.69, 9.17) is 9.72 Å². The summed E-state index contributed by atoms with van der Waals surface area (Å²) in [6, 6.07) is 6.63. The van der Waals surface area contributed by atoms with Gasteiger partial charge < -0.3 is 9.64 Å². The molecular formula is C20H26F3N3OS. The van der Waals surface area contributed by atoms with Crippen LogP contribution >= 0.6 is 11.3 Å². The van der Waals surface area contributed by atoms with Gasteiger partial charge in [0.2, 0.25) is 0 Å². The van der Waals surface area contributed by atoms with Crippen molar-refractivity contribution in [2.45, 2.75) is 25.4 Å². The Hall–Kier alpha value is -1.64. The maximum Gasteiger partial charge on any atom is 0.395 e. The van der Waals surface area contributed by atoms with Crippen LogP contribution in [0.25, 0.3) is 11.3 Å². The van der Waals surface area contributed by atoms with Crippen molar-refractivity contribution in [3.05, 3.63) is 35.2 Å². The van der Waals surface area contributed by atoms with Crippen LogP contribution in [0.3, 0.4) is 0 Å². The van der Waals surface area contributed by atoms with Gasteiger partial charge in [0.25, 0.3) is 0 Å². The zero-order valence-electron chi connectivity index (χ0n) is 16.2. The molecule has 2 aromatic rings.